The number of aryl methyl sites for hydroxylation is 1. The summed E-state index contributed by atoms with van der Waals surface area (Å²) in [7, 11) is 0. The van der Waals surface area contributed by atoms with E-state index in [4.69, 9.17) is 0 Å². The van der Waals surface area contributed by atoms with E-state index < -0.39 is 0 Å². The van der Waals surface area contributed by atoms with Crippen molar-refractivity contribution < 1.29 is 0 Å². The molecular weight excluding hydrogens is 232 g/mol. The van der Waals surface area contributed by atoms with Crippen LogP contribution in [0.3, 0.4) is 0 Å². The third-order valence-electron chi connectivity index (χ3n) is 5.11. The van der Waals surface area contributed by atoms with Gasteiger partial charge in [0.05, 0.1) is 0 Å². The van der Waals surface area contributed by atoms with Crippen molar-refractivity contribution in [1.29, 1.82) is 0 Å². The van der Waals surface area contributed by atoms with Crippen molar-refractivity contribution in [2.45, 2.75) is 57.7 Å². The number of piperidine rings is 1. The van der Waals surface area contributed by atoms with Crippen molar-refractivity contribution in [3.8, 4) is 0 Å². The molecule has 2 atom stereocenters. The van der Waals surface area contributed by atoms with Gasteiger partial charge in [-0.05, 0) is 56.6 Å². The first-order valence-corrected chi connectivity index (χ1v) is 7.89. The maximum Gasteiger partial charge on any atom is 0.0414 e. The van der Waals surface area contributed by atoms with Crippen LogP contribution in [-0.4, -0.2) is 18.6 Å². The fraction of sp³-hybridized carbons (Fsp3) is 0.647. The van der Waals surface area contributed by atoms with Gasteiger partial charge in [-0.2, -0.15) is 0 Å². The predicted molar refractivity (Wildman–Crippen MR) is 79.5 cm³/mol. The zero-order valence-electron chi connectivity index (χ0n) is 11.9. The Kier molecular flexibility index (Phi) is 2.80. The lowest BCUT2D eigenvalue weighted by Gasteiger charge is -2.31. The van der Waals surface area contributed by atoms with Gasteiger partial charge in [-0.3, -0.25) is 0 Å². The minimum absolute atomic E-state index is 0.795. The molecule has 1 N–H and O–H groups in total. The van der Waals surface area contributed by atoms with E-state index in [1.54, 1.807) is 0 Å². The second-order valence-electron chi connectivity index (χ2n) is 6.77. The Labute approximate surface area is 116 Å². The standard InChI is InChI=1S/C17H24N2/c1-12-2-7-17(14(8-12)10-18-15-4-5-15)19-11-13-3-6-16(19)9-13/h2,7-8,13,15-16,18H,3-6,9-11H2,1H3. The highest BCUT2D eigenvalue weighted by Crippen LogP contribution is 2.41. The zero-order chi connectivity index (χ0) is 12.8. The molecule has 2 aliphatic carbocycles. The van der Waals surface area contributed by atoms with E-state index >= 15 is 0 Å². The maximum atomic E-state index is 3.68. The first-order chi connectivity index (χ1) is 9.29. The van der Waals surface area contributed by atoms with Gasteiger partial charge in [-0.25, -0.2) is 0 Å². The largest absolute Gasteiger partial charge is 0.368 e. The van der Waals surface area contributed by atoms with Crippen LogP contribution in [0.15, 0.2) is 18.2 Å². The Morgan fingerprint density at radius 3 is 2.79 bits per heavy atom. The summed E-state index contributed by atoms with van der Waals surface area (Å²) in [6.07, 6.45) is 7.05. The fourth-order valence-corrected chi connectivity index (χ4v) is 3.90. The lowest BCUT2D eigenvalue weighted by molar-refractivity contribution is 0.551. The van der Waals surface area contributed by atoms with Gasteiger partial charge in [0.25, 0.3) is 0 Å². The molecule has 0 amide bonds. The average molecular weight is 256 g/mol. The minimum Gasteiger partial charge on any atom is -0.368 e. The number of hydrogen-bond donors (Lipinski definition) is 1. The summed E-state index contributed by atoms with van der Waals surface area (Å²) in [6.45, 7) is 4.56. The highest BCUT2D eigenvalue weighted by molar-refractivity contribution is 5.57. The second kappa shape index (κ2) is 4.52. The van der Waals surface area contributed by atoms with Crippen molar-refractivity contribution in [3.63, 3.8) is 0 Å². The monoisotopic (exact) mass is 256 g/mol. The van der Waals surface area contributed by atoms with Crippen LogP contribution < -0.4 is 10.2 Å². The Balaban J connectivity index is 1.58. The van der Waals surface area contributed by atoms with E-state index in [2.05, 4.69) is 35.3 Å². The summed E-state index contributed by atoms with van der Waals surface area (Å²) in [4.78, 5) is 2.69. The molecule has 0 radical (unpaired) electrons. The molecule has 2 heteroatoms. The third-order valence-corrected chi connectivity index (χ3v) is 5.11. The van der Waals surface area contributed by atoms with Gasteiger partial charge in [0.2, 0.25) is 0 Å². The SMILES string of the molecule is Cc1ccc(N2CC3CCC2C3)c(CNC2CC2)c1. The lowest BCUT2D eigenvalue weighted by Crippen LogP contribution is -2.33. The summed E-state index contributed by atoms with van der Waals surface area (Å²) in [5.41, 5.74) is 4.41. The predicted octanol–water partition coefficient (Wildman–Crippen LogP) is 3.24. The summed E-state index contributed by atoms with van der Waals surface area (Å²) < 4.78 is 0. The van der Waals surface area contributed by atoms with Gasteiger partial charge in [-0.1, -0.05) is 17.7 Å². The highest BCUT2D eigenvalue weighted by Gasteiger charge is 2.38. The first-order valence-electron chi connectivity index (χ1n) is 7.89. The molecule has 1 aliphatic heterocycles. The third kappa shape index (κ3) is 2.27. The summed E-state index contributed by atoms with van der Waals surface area (Å²) in [5.74, 6) is 0.968. The van der Waals surface area contributed by atoms with E-state index in [9.17, 15) is 0 Å². The molecule has 3 aliphatic rings. The Bertz CT molecular complexity index is 478. The van der Waals surface area contributed by atoms with Crippen LogP contribution in [0, 0.1) is 12.8 Å². The van der Waals surface area contributed by atoms with Crippen LogP contribution in [0.2, 0.25) is 0 Å². The highest BCUT2D eigenvalue weighted by atomic mass is 15.2. The molecule has 3 fully saturated rings. The summed E-state index contributed by atoms with van der Waals surface area (Å²) in [6, 6.07) is 8.65. The molecule has 102 valence electrons. The quantitative estimate of drug-likeness (QED) is 0.889. The van der Waals surface area contributed by atoms with Gasteiger partial charge in [-0.15, -0.1) is 0 Å². The van der Waals surface area contributed by atoms with Crippen LogP contribution in [-0.2, 0) is 6.54 Å². The molecule has 1 heterocycles. The van der Waals surface area contributed by atoms with E-state index in [0.29, 0.717) is 0 Å². The maximum absolute atomic E-state index is 3.68. The molecule has 2 unspecified atom stereocenters. The normalized spacial score (nSPS) is 29.2. The van der Waals surface area contributed by atoms with Crippen molar-refractivity contribution in [2.75, 3.05) is 11.4 Å². The number of nitrogens with one attached hydrogen (secondary N) is 1. The van der Waals surface area contributed by atoms with Crippen molar-refractivity contribution in [1.82, 2.24) is 5.32 Å². The number of hydrogen-bond acceptors (Lipinski definition) is 2. The lowest BCUT2D eigenvalue weighted by atomic mass is 10.0. The molecule has 1 saturated heterocycles. The minimum atomic E-state index is 0.795. The molecular formula is C17H24N2. The number of benzene rings is 1. The molecule has 2 nitrogen and oxygen atoms in total. The van der Waals surface area contributed by atoms with Crippen LogP contribution in [0.25, 0.3) is 0 Å². The molecule has 2 saturated carbocycles. The molecule has 19 heavy (non-hydrogen) atoms. The molecule has 1 aromatic rings. The van der Waals surface area contributed by atoms with Gasteiger partial charge in [0, 0.05) is 30.9 Å². The topological polar surface area (TPSA) is 15.3 Å². The number of nitrogens with zero attached hydrogens (tertiary/aromatic N) is 1. The number of anilines is 1. The van der Waals surface area contributed by atoms with Gasteiger partial charge in [0.15, 0.2) is 0 Å². The van der Waals surface area contributed by atoms with Crippen LogP contribution in [0.4, 0.5) is 5.69 Å². The Morgan fingerprint density at radius 1 is 1.21 bits per heavy atom. The Hall–Kier alpha value is -1.02. The second-order valence-corrected chi connectivity index (χ2v) is 6.77. The molecule has 2 bridgehead atoms. The van der Waals surface area contributed by atoms with E-state index in [1.807, 2.05) is 0 Å². The molecule has 0 aromatic heterocycles. The molecule has 0 spiro atoms. The van der Waals surface area contributed by atoms with E-state index in [0.717, 1.165) is 24.5 Å². The Morgan fingerprint density at radius 2 is 2.11 bits per heavy atom. The van der Waals surface area contributed by atoms with Crippen molar-refractivity contribution in [3.05, 3.63) is 29.3 Å². The summed E-state index contributed by atoms with van der Waals surface area (Å²) in [5, 5.41) is 3.68. The number of fused-ring (bicyclic) bond motifs is 2. The van der Waals surface area contributed by atoms with Crippen LogP contribution in [0.5, 0.6) is 0 Å². The van der Waals surface area contributed by atoms with Gasteiger partial charge >= 0.3 is 0 Å². The van der Waals surface area contributed by atoms with Crippen molar-refractivity contribution >= 4 is 5.69 Å². The van der Waals surface area contributed by atoms with E-state index in [-0.39, 0.29) is 0 Å². The smallest absolute Gasteiger partial charge is 0.0414 e. The average Bonchev–Trinajstić information content (AvgIpc) is 3.01. The molecule has 1 aromatic carbocycles. The summed E-state index contributed by atoms with van der Waals surface area (Å²) >= 11 is 0. The molecule has 4 rings (SSSR count). The van der Waals surface area contributed by atoms with Gasteiger partial charge < -0.3 is 10.2 Å². The van der Waals surface area contributed by atoms with Gasteiger partial charge in [0.1, 0.15) is 0 Å². The number of rotatable bonds is 4. The van der Waals surface area contributed by atoms with Crippen LogP contribution in [0.1, 0.15) is 43.2 Å². The first kappa shape index (κ1) is 11.8. The fourth-order valence-electron chi connectivity index (χ4n) is 3.90. The zero-order valence-corrected chi connectivity index (χ0v) is 11.9. The van der Waals surface area contributed by atoms with E-state index in [1.165, 1.54) is 55.5 Å². The van der Waals surface area contributed by atoms with Crippen molar-refractivity contribution in [2.24, 2.45) is 5.92 Å². The van der Waals surface area contributed by atoms with Crippen LogP contribution >= 0.6 is 0 Å².